The minimum atomic E-state index is -0.467. The molecular formula is C20H18FN5O2. The van der Waals surface area contributed by atoms with E-state index in [1.165, 1.54) is 12.1 Å². The SMILES string of the molecule is Cc1cc(C(=O)N2CCC(O)C2)ncc1-n1c2ccc(F)cc2c2[nH]ncc21. The summed E-state index contributed by atoms with van der Waals surface area (Å²) in [5, 5.41) is 17.4. The first-order chi connectivity index (χ1) is 13.5. The lowest BCUT2D eigenvalue weighted by molar-refractivity contribution is 0.0759. The van der Waals surface area contributed by atoms with Gasteiger partial charge in [0.25, 0.3) is 5.91 Å². The molecule has 0 spiro atoms. The van der Waals surface area contributed by atoms with Crippen LogP contribution >= 0.6 is 0 Å². The molecule has 5 rings (SSSR count). The normalized spacial score (nSPS) is 17.1. The van der Waals surface area contributed by atoms with Crippen LogP contribution in [-0.2, 0) is 0 Å². The van der Waals surface area contributed by atoms with E-state index in [0.717, 1.165) is 33.2 Å². The van der Waals surface area contributed by atoms with Crippen molar-refractivity contribution < 1.29 is 14.3 Å². The van der Waals surface area contributed by atoms with Crippen molar-refractivity contribution in [1.29, 1.82) is 0 Å². The van der Waals surface area contributed by atoms with Crippen molar-refractivity contribution in [3.63, 3.8) is 0 Å². The number of H-pyrrole nitrogens is 1. The van der Waals surface area contributed by atoms with Gasteiger partial charge in [-0.1, -0.05) is 0 Å². The first-order valence-electron chi connectivity index (χ1n) is 9.10. The maximum absolute atomic E-state index is 13.8. The number of nitrogens with zero attached hydrogens (tertiary/aromatic N) is 4. The van der Waals surface area contributed by atoms with Crippen LogP contribution in [0.5, 0.6) is 0 Å². The molecule has 142 valence electrons. The standard InChI is InChI=1S/C20H18FN5O2/c1-11-6-15(20(28)25-5-4-13(27)10-25)22-8-17(11)26-16-3-2-12(21)7-14(16)19-18(26)9-23-24-19/h2-3,6-9,13,27H,4-5,10H2,1H3,(H,23,24). The summed E-state index contributed by atoms with van der Waals surface area (Å²) in [4.78, 5) is 18.7. The summed E-state index contributed by atoms with van der Waals surface area (Å²) >= 11 is 0. The van der Waals surface area contributed by atoms with Gasteiger partial charge in [-0.05, 0) is 43.2 Å². The number of aromatic amines is 1. The Hall–Kier alpha value is -3.26. The van der Waals surface area contributed by atoms with Crippen LogP contribution in [0.2, 0.25) is 0 Å². The zero-order valence-electron chi connectivity index (χ0n) is 15.2. The van der Waals surface area contributed by atoms with Crippen LogP contribution in [-0.4, -0.2) is 54.9 Å². The van der Waals surface area contributed by atoms with E-state index in [-0.39, 0.29) is 11.7 Å². The molecule has 28 heavy (non-hydrogen) atoms. The van der Waals surface area contributed by atoms with Gasteiger partial charge in [-0.2, -0.15) is 5.10 Å². The number of carbonyl (C=O) groups is 1. The average molecular weight is 379 g/mol. The number of rotatable bonds is 2. The Bertz CT molecular complexity index is 1230. The number of aromatic nitrogens is 4. The van der Waals surface area contributed by atoms with Crippen molar-refractivity contribution in [2.75, 3.05) is 13.1 Å². The molecule has 1 saturated heterocycles. The largest absolute Gasteiger partial charge is 0.391 e. The van der Waals surface area contributed by atoms with Crippen LogP contribution in [0.15, 0.2) is 36.7 Å². The number of aryl methyl sites for hydroxylation is 1. The van der Waals surface area contributed by atoms with Gasteiger partial charge in [0.1, 0.15) is 11.5 Å². The van der Waals surface area contributed by atoms with Crippen LogP contribution in [0.4, 0.5) is 4.39 Å². The van der Waals surface area contributed by atoms with Gasteiger partial charge in [0.2, 0.25) is 0 Å². The van der Waals surface area contributed by atoms with Crippen LogP contribution in [0, 0.1) is 12.7 Å². The number of nitrogens with one attached hydrogen (secondary N) is 1. The minimum absolute atomic E-state index is 0.181. The Morgan fingerprint density at radius 3 is 2.89 bits per heavy atom. The zero-order valence-corrected chi connectivity index (χ0v) is 15.2. The maximum Gasteiger partial charge on any atom is 0.272 e. The van der Waals surface area contributed by atoms with E-state index in [0.29, 0.717) is 25.2 Å². The Kier molecular flexibility index (Phi) is 3.70. The minimum Gasteiger partial charge on any atom is -0.391 e. The fraction of sp³-hybridized carbons (Fsp3) is 0.250. The molecule has 1 aromatic carbocycles. The number of likely N-dealkylation sites (tertiary alicyclic amines) is 1. The number of hydrogen-bond acceptors (Lipinski definition) is 4. The second-order valence-electron chi connectivity index (χ2n) is 7.18. The molecule has 1 aliphatic rings. The monoisotopic (exact) mass is 379 g/mol. The van der Waals surface area contributed by atoms with Gasteiger partial charge >= 0.3 is 0 Å². The number of pyridine rings is 1. The second kappa shape index (κ2) is 6.13. The highest BCUT2D eigenvalue weighted by Gasteiger charge is 2.26. The molecule has 4 heterocycles. The zero-order chi connectivity index (χ0) is 19.4. The van der Waals surface area contributed by atoms with E-state index in [1.807, 2.05) is 11.5 Å². The molecule has 1 fully saturated rings. The summed E-state index contributed by atoms with van der Waals surface area (Å²) in [6, 6.07) is 6.38. The molecule has 1 unspecified atom stereocenters. The molecule has 0 saturated carbocycles. The lowest BCUT2D eigenvalue weighted by Crippen LogP contribution is -2.30. The predicted molar refractivity (Wildman–Crippen MR) is 102 cm³/mol. The molecular weight excluding hydrogens is 361 g/mol. The van der Waals surface area contributed by atoms with E-state index in [4.69, 9.17) is 0 Å². The second-order valence-corrected chi connectivity index (χ2v) is 7.18. The first kappa shape index (κ1) is 16.9. The number of fused-ring (bicyclic) bond motifs is 3. The molecule has 0 radical (unpaired) electrons. The Morgan fingerprint density at radius 1 is 1.29 bits per heavy atom. The highest BCUT2D eigenvalue weighted by molar-refractivity contribution is 6.07. The van der Waals surface area contributed by atoms with Gasteiger partial charge in [0.05, 0.1) is 40.7 Å². The third kappa shape index (κ3) is 2.49. The topological polar surface area (TPSA) is 87.0 Å². The molecule has 8 heteroatoms. The summed E-state index contributed by atoms with van der Waals surface area (Å²) in [7, 11) is 0. The fourth-order valence-electron chi connectivity index (χ4n) is 3.93. The number of aliphatic hydroxyl groups excluding tert-OH is 1. The van der Waals surface area contributed by atoms with Crippen molar-refractivity contribution in [3.8, 4) is 5.69 Å². The molecule has 1 aliphatic heterocycles. The lowest BCUT2D eigenvalue weighted by Gasteiger charge is -2.16. The van der Waals surface area contributed by atoms with Crippen molar-refractivity contribution >= 4 is 27.8 Å². The van der Waals surface area contributed by atoms with Crippen molar-refractivity contribution in [1.82, 2.24) is 24.6 Å². The third-order valence-corrected chi connectivity index (χ3v) is 5.32. The molecule has 7 nitrogen and oxygen atoms in total. The van der Waals surface area contributed by atoms with Gasteiger partial charge in [-0.25, -0.2) is 9.37 Å². The van der Waals surface area contributed by atoms with E-state index in [1.54, 1.807) is 29.4 Å². The van der Waals surface area contributed by atoms with Crippen molar-refractivity contribution in [2.24, 2.45) is 0 Å². The van der Waals surface area contributed by atoms with E-state index in [9.17, 15) is 14.3 Å². The van der Waals surface area contributed by atoms with Gasteiger partial charge in [-0.15, -0.1) is 0 Å². The van der Waals surface area contributed by atoms with Crippen molar-refractivity contribution in [3.05, 3.63) is 53.7 Å². The molecule has 2 N–H and O–H groups in total. The summed E-state index contributed by atoms with van der Waals surface area (Å²) in [6.45, 7) is 2.78. The van der Waals surface area contributed by atoms with E-state index < -0.39 is 6.10 Å². The van der Waals surface area contributed by atoms with Crippen LogP contribution in [0.25, 0.3) is 27.6 Å². The smallest absolute Gasteiger partial charge is 0.272 e. The summed E-state index contributed by atoms with van der Waals surface area (Å²) < 4.78 is 15.7. The number of carbonyl (C=O) groups excluding carboxylic acids is 1. The third-order valence-electron chi connectivity index (χ3n) is 5.32. The molecule has 1 amide bonds. The molecule has 0 bridgehead atoms. The van der Waals surface area contributed by atoms with Crippen LogP contribution in [0.3, 0.4) is 0 Å². The molecule has 1 atom stereocenters. The highest BCUT2D eigenvalue weighted by Crippen LogP contribution is 2.32. The Morgan fingerprint density at radius 2 is 2.14 bits per heavy atom. The number of hydrogen-bond donors (Lipinski definition) is 2. The lowest BCUT2D eigenvalue weighted by atomic mass is 10.2. The van der Waals surface area contributed by atoms with Gasteiger partial charge in [-0.3, -0.25) is 9.89 Å². The number of benzene rings is 1. The quantitative estimate of drug-likeness (QED) is 0.560. The Labute approximate surface area is 159 Å². The van der Waals surface area contributed by atoms with Gasteiger partial charge in [0, 0.05) is 18.5 Å². The predicted octanol–water partition coefficient (Wildman–Crippen LogP) is 2.56. The van der Waals surface area contributed by atoms with Gasteiger partial charge in [0.15, 0.2) is 0 Å². The molecule has 0 aliphatic carbocycles. The van der Waals surface area contributed by atoms with Crippen LogP contribution in [0.1, 0.15) is 22.5 Å². The average Bonchev–Trinajstić information content (AvgIpc) is 3.38. The number of halogens is 1. The first-order valence-corrected chi connectivity index (χ1v) is 9.10. The van der Waals surface area contributed by atoms with Crippen molar-refractivity contribution in [2.45, 2.75) is 19.4 Å². The fourth-order valence-corrected chi connectivity index (χ4v) is 3.93. The van der Waals surface area contributed by atoms with Gasteiger partial charge < -0.3 is 14.6 Å². The maximum atomic E-state index is 13.8. The van der Waals surface area contributed by atoms with E-state index >= 15 is 0 Å². The summed E-state index contributed by atoms with van der Waals surface area (Å²) in [6.07, 6.45) is 3.47. The summed E-state index contributed by atoms with van der Waals surface area (Å²) in [5.74, 6) is -0.496. The number of β-amino-alcohol motifs (C(OH)–C–C–N with tert-alkyl or cyclic N) is 1. The number of aliphatic hydroxyl groups is 1. The highest BCUT2D eigenvalue weighted by atomic mass is 19.1. The van der Waals surface area contributed by atoms with Crippen LogP contribution < -0.4 is 0 Å². The van der Waals surface area contributed by atoms with E-state index in [2.05, 4.69) is 15.2 Å². The summed E-state index contributed by atoms with van der Waals surface area (Å²) in [5.41, 5.74) is 4.40. The number of amides is 1. The molecule has 3 aromatic heterocycles. The molecule has 4 aromatic rings. The Balaban J connectivity index is 1.62.